The summed E-state index contributed by atoms with van der Waals surface area (Å²) in [5.41, 5.74) is 3.76. The minimum Gasteiger partial charge on any atom is -0.316 e. The molecule has 0 unspecified atom stereocenters. The van der Waals surface area contributed by atoms with Crippen LogP contribution in [0.4, 0.5) is 0 Å². The summed E-state index contributed by atoms with van der Waals surface area (Å²) < 4.78 is 0. The number of hydrogen-bond acceptors (Lipinski definition) is 2. The van der Waals surface area contributed by atoms with Gasteiger partial charge >= 0.3 is 0 Å². The molecule has 1 saturated heterocycles. The first-order valence-electron chi connectivity index (χ1n) is 5.78. The van der Waals surface area contributed by atoms with Crippen LogP contribution < -0.4 is 5.32 Å². The van der Waals surface area contributed by atoms with E-state index in [2.05, 4.69) is 22.4 Å². The van der Waals surface area contributed by atoms with Gasteiger partial charge in [0.15, 0.2) is 0 Å². The van der Waals surface area contributed by atoms with Gasteiger partial charge in [0.05, 0.1) is 0 Å². The average Bonchev–Trinajstić information content (AvgIpc) is 2.81. The highest BCUT2D eigenvalue weighted by Gasteiger charge is 2.31. The lowest BCUT2D eigenvalue weighted by atomic mass is 9.98. The highest BCUT2D eigenvalue weighted by molar-refractivity contribution is 6.30. The van der Waals surface area contributed by atoms with Gasteiger partial charge in [-0.1, -0.05) is 17.7 Å². The zero-order valence-electron chi connectivity index (χ0n) is 9.33. The normalized spacial score (nSPS) is 28.0. The summed E-state index contributed by atoms with van der Waals surface area (Å²) in [6.07, 6.45) is 5.49. The molecule has 1 fully saturated rings. The maximum Gasteiger partial charge on any atom is 0.131 e. The van der Waals surface area contributed by atoms with Crippen LogP contribution in [0.5, 0.6) is 0 Å². The molecule has 1 aliphatic heterocycles. The molecule has 16 heavy (non-hydrogen) atoms. The molecule has 2 heterocycles. The molecule has 2 nitrogen and oxygen atoms in total. The van der Waals surface area contributed by atoms with Crippen molar-refractivity contribution in [2.45, 2.75) is 13.3 Å². The van der Waals surface area contributed by atoms with Gasteiger partial charge in [0.25, 0.3) is 0 Å². The number of fused-ring (bicyclic) bond motifs is 1. The van der Waals surface area contributed by atoms with Crippen molar-refractivity contribution in [2.24, 2.45) is 11.8 Å². The Labute approximate surface area is 101 Å². The number of halogens is 1. The third-order valence-corrected chi connectivity index (χ3v) is 4.07. The molecule has 0 spiro atoms. The number of rotatable bonds is 1. The van der Waals surface area contributed by atoms with Gasteiger partial charge in [-0.05, 0) is 54.5 Å². The number of allylic oxidation sites excluding steroid dienone is 1. The van der Waals surface area contributed by atoms with Gasteiger partial charge in [-0.2, -0.15) is 0 Å². The Morgan fingerprint density at radius 1 is 1.44 bits per heavy atom. The Kier molecular flexibility index (Phi) is 2.49. The minimum atomic E-state index is 0.615. The zero-order chi connectivity index (χ0) is 11.1. The first kappa shape index (κ1) is 10.3. The first-order valence-corrected chi connectivity index (χ1v) is 6.16. The highest BCUT2D eigenvalue weighted by atomic mass is 35.5. The summed E-state index contributed by atoms with van der Waals surface area (Å²) in [6, 6.07) is 2.15. The second-order valence-corrected chi connectivity index (χ2v) is 5.17. The van der Waals surface area contributed by atoms with E-state index in [1.54, 1.807) is 0 Å². The summed E-state index contributed by atoms with van der Waals surface area (Å²) >= 11 is 5.94. The predicted molar refractivity (Wildman–Crippen MR) is 66.4 cm³/mol. The molecular formula is C13H15ClN2. The standard InChI is InChI=1S/C13H15ClN2/c1-8-2-10(7-16-13(8)14)9-3-11-5-15-6-12(11)4-9/h2-3,7,11-12,15H,4-6H2,1H3/t11-,12+/m1/s1. The fourth-order valence-corrected chi connectivity index (χ4v) is 2.83. The lowest BCUT2D eigenvalue weighted by Crippen LogP contribution is -2.09. The second-order valence-electron chi connectivity index (χ2n) is 4.81. The van der Waals surface area contributed by atoms with Crippen LogP contribution in [0, 0.1) is 18.8 Å². The van der Waals surface area contributed by atoms with E-state index in [9.17, 15) is 0 Å². The van der Waals surface area contributed by atoms with Crippen molar-refractivity contribution in [3.63, 3.8) is 0 Å². The van der Waals surface area contributed by atoms with Crippen LogP contribution in [0.1, 0.15) is 17.5 Å². The zero-order valence-corrected chi connectivity index (χ0v) is 10.1. The van der Waals surface area contributed by atoms with Crippen LogP contribution in [0.25, 0.3) is 5.57 Å². The van der Waals surface area contributed by atoms with Gasteiger partial charge < -0.3 is 5.32 Å². The molecule has 3 heteroatoms. The van der Waals surface area contributed by atoms with Crippen molar-refractivity contribution < 1.29 is 0 Å². The molecule has 0 bridgehead atoms. The third-order valence-electron chi connectivity index (χ3n) is 3.67. The number of nitrogens with zero attached hydrogens (tertiary/aromatic N) is 1. The van der Waals surface area contributed by atoms with Gasteiger partial charge in [-0.25, -0.2) is 4.98 Å². The number of hydrogen-bond donors (Lipinski definition) is 1. The monoisotopic (exact) mass is 234 g/mol. The number of pyridine rings is 1. The van der Waals surface area contributed by atoms with Crippen molar-refractivity contribution in [1.29, 1.82) is 0 Å². The topological polar surface area (TPSA) is 24.9 Å². The molecule has 0 amide bonds. The Morgan fingerprint density at radius 3 is 3.06 bits per heavy atom. The van der Waals surface area contributed by atoms with Crippen molar-refractivity contribution >= 4 is 17.2 Å². The van der Waals surface area contributed by atoms with E-state index in [0.29, 0.717) is 5.15 Å². The Balaban J connectivity index is 1.90. The molecule has 2 aliphatic rings. The van der Waals surface area contributed by atoms with E-state index in [1.807, 2.05) is 13.1 Å². The molecule has 0 aromatic carbocycles. The summed E-state index contributed by atoms with van der Waals surface area (Å²) in [7, 11) is 0. The van der Waals surface area contributed by atoms with Crippen molar-refractivity contribution in [1.82, 2.24) is 10.3 Å². The molecule has 1 aromatic rings. The van der Waals surface area contributed by atoms with Gasteiger partial charge in [-0.15, -0.1) is 0 Å². The average molecular weight is 235 g/mol. The Bertz CT molecular complexity index is 453. The van der Waals surface area contributed by atoms with E-state index in [-0.39, 0.29) is 0 Å². The lowest BCUT2D eigenvalue weighted by Gasteiger charge is -2.07. The molecule has 1 aliphatic carbocycles. The van der Waals surface area contributed by atoms with Crippen LogP contribution in [-0.4, -0.2) is 18.1 Å². The minimum absolute atomic E-state index is 0.615. The van der Waals surface area contributed by atoms with E-state index >= 15 is 0 Å². The largest absolute Gasteiger partial charge is 0.316 e. The molecule has 3 rings (SSSR count). The molecule has 0 radical (unpaired) electrons. The predicted octanol–water partition coefficient (Wildman–Crippen LogP) is 2.67. The third kappa shape index (κ3) is 1.66. The maximum absolute atomic E-state index is 5.94. The van der Waals surface area contributed by atoms with Crippen LogP contribution in [0.15, 0.2) is 18.3 Å². The smallest absolute Gasteiger partial charge is 0.131 e. The van der Waals surface area contributed by atoms with Crippen LogP contribution >= 0.6 is 11.6 Å². The van der Waals surface area contributed by atoms with Gasteiger partial charge in [0, 0.05) is 12.7 Å². The molecule has 0 saturated carbocycles. The summed E-state index contributed by atoms with van der Waals surface area (Å²) in [4.78, 5) is 4.23. The van der Waals surface area contributed by atoms with Gasteiger partial charge in [0.2, 0.25) is 0 Å². The Morgan fingerprint density at radius 2 is 2.31 bits per heavy atom. The van der Waals surface area contributed by atoms with Crippen molar-refractivity contribution in [3.8, 4) is 0 Å². The SMILES string of the molecule is Cc1cc(C2=C[C@@H]3CNC[C@@H]3C2)cnc1Cl. The molecular weight excluding hydrogens is 220 g/mol. The van der Waals surface area contributed by atoms with Crippen LogP contribution in [-0.2, 0) is 0 Å². The molecule has 1 aromatic heterocycles. The summed E-state index contributed by atoms with van der Waals surface area (Å²) in [5, 5.41) is 4.05. The molecule has 84 valence electrons. The van der Waals surface area contributed by atoms with Gasteiger partial charge in [-0.3, -0.25) is 0 Å². The van der Waals surface area contributed by atoms with Crippen molar-refractivity contribution in [2.75, 3.05) is 13.1 Å². The van der Waals surface area contributed by atoms with Crippen molar-refractivity contribution in [3.05, 3.63) is 34.6 Å². The maximum atomic E-state index is 5.94. The fraction of sp³-hybridized carbons (Fsp3) is 0.462. The van der Waals surface area contributed by atoms with Gasteiger partial charge in [0.1, 0.15) is 5.15 Å². The molecule has 1 N–H and O–H groups in total. The van der Waals surface area contributed by atoms with Crippen LogP contribution in [0.3, 0.4) is 0 Å². The van der Waals surface area contributed by atoms with E-state index in [4.69, 9.17) is 11.6 Å². The Hall–Kier alpha value is -0.860. The molecule has 2 atom stereocenters. The quantitative estimate of drug-likeness (QED) is 0.756. The van der Waals surface area contributed by atoms with E-state index in [1.165, 1.54) is 17.6 Å². The summed E-state index contributed by atoms with van der Waals surface area (Å²) in [6.45, 7) is 4.30. The van der Waals surface area contributed by atoms with Crippen LogP contribution in [0.2, 0.25) is 5.15 Å². The van der Waals surface area contributed by atoms with E-state index < -0.39 is 0 Å². The second kappa shape index (κ2) is 3.86. The highest BCUT2D eigenvalue weighted by Crippen LogP contribution is 2.38. The number of aromatic nitrogens is 1. The summed E-state index contributed by atoms with van der Waals surface area (Å²) in [5.74, 6) is 1.52. The number of aryl methyl sites for hydroxylation is 1. The van der Waals surface area contributed by atoms with E-state index in [0.717, 1.165) is 30.5 Å². The first-order chi connectivity index (χ1) is 7.74. The number of nitrogens with one attached hydrogen (secondary N) is 1. The fourth-order valence-electron chi connectivity index (χ4n) is 2.73. The lowest BCUT2D eigenvalue weighted by molar-refractivity contribution is 0.536.